The molecule has 0 unspecified atom stereocenters. The third kappa shape index (κ3) is 3.56. The highest BCUT2D eigenvalue weighted by Gasteiger charge is 2.26. The van der Waals surface area contributed by atoms with E-state index in [1.807, 2.05) is 29.6 Å². The van der Waals surface area contributed by atoms with Gasteiger partial charge >= 0.3 is 0 Å². The van der Waals surface area contributed by atoms with Crippen molar-refractivity contribution in [1.82, 2.24) is 9.97 Å². The maximum atomic E-state index is 12.8. The van der Waals surface area contributed by atoms with Crippen LogP contribution in [0, 0.1) is 11.8 Å². The number of H-pyrrole nitrogens is 1. The van der Waals surface area contributed by atoms with E-state index >= 15 is 0 Å². The summed E-state index contributed by atoms with van der Waals surface area (Å²) in [5.74, 6) is 2.24. The van der Waals surface area contributed by atoms with Crippen LogP contribution in [0.5, 0.6) is 0 Å². The summed E-state index contributed by atoms with van der Waals surface area (Å²) >= 11 is 7.51. The minimum Gasteiger partial charge on any atom is -0.328 e. The van der Waals surface area contributed by atoms with E-state index in [1.54, 1.807) is 0 Å². The van der Waals surface area contributed by atoms with E-state index < -0.39 is 0 Å². The summed E-state index contributed by atoms with van der Waals surface area (Å²) in [4.78, 5) is 22.9. The van der Waals surface area contributed by atoms with Gasteiger partial charge in [-0.15, -0.1) is 11.3 Å². The van der Waals surface area contributed by atoms with Gasteiger partial charge in [0.05, 0.1) is 18.5 Å². The van der Waals surface area contributed by atoms with E-state index in [-0.39, 0.29) is 5.56 Å². The molecule has 3 heterocycles. The Kier molecular flexibility index (Phi) is 4.86. The minimum absolute atomic E-state index is 0.0475. The lowest BCUT2D eigenvalue weighted by Gasteiger charge is -2.31. The molecule has 2 N–H and O–H groups in total. The van der Waals surface area contributed by atoms with Gasteiger partial charge in [0.25, 0.3) is 5.56 Å². The molecule has 0 amide bonds. The number of hydrogen-bond acceptors (Lipinski definition) is 3. The van der Waals surface area contributed by atoms with Crippen LogP contribution >= 0.6 is 22.9 Å². The number of aromatic amines is 1. The molecule has 136 valence electrons. The number of piperidine rings is 1. The molecule has 2 atom stereocenters. The van der Waals surface area contributed by atoms with Gasteiger partial charge in [0, 0.05) is 27.8 Å². The maximum Gasteiger partial charge on any atom is 0.260 e. The lowest BCUT2D eigenvalue weighted by Crippen LogP contribution is -3.13. The van der Waals surface area contributed by atoms with Crippen LogP contribution in [0.1, 0.15) is 26.1 Å². The number of likely N-dealkylation sites (tertiary alicyclic amines) is 1. The highest BCUT2D eigenvalue weighted by molar-refractivity contribution is 7.17. The standard InChI is InChI=1S/C20H22ClN3OS/c1-12-7-13(2)9-24(8-12)10-17-22-19(25)18-16(11-26-20(18)23-17)14-3-5-15(21)6-4-14/h3-6,11-13H,7-10H2,1-2H3,(H,22,23,25)/p+1/t12-,13-/m1/s1. The first kappa shape index (κ1) is 17.7. The molecule has 6 heteroatoms. The Morgan fingerprint density at radius 1 is 1.23 bits per heavy atom. The van der Waals surface area contributed by atoms with Crippen molar-refractivity contribution in [2.45, 2.75) is 26.8 Å². The minimum atomic E-state index is -0.0475. The molecule has 3 aromatic rings. The van der Waals surface area contributed by atoms with Crippen molar-refractivity contribution >= 4 is 33.2 Å². The van der Waals surface area contributed by atoms with Crippen LogP contribution in [0.3, 0.4) is 0 Å². The molecule has 0 saturated carbocycles. The van der Waals surface area contributed by atoms with Crippen molar-refractivity contribution in [2.75, 3.05) is 13.1 Å². The second-order valence-corrected chi connectivity index (χ2v) is 8.92. The fourth-order valence-electron chi connectivity index (χ4n) is 4.22. The second-order valence-electron chi connectivity index (χ2n) is 7.63. The van der Waals surface area contributed by atoms with Gasteiger partial charge in [0.1, 0.15) is 11.4 Å². The molecule has 2 aromatic heterocycles. The molecule has 1 saturated heterocycles. The van der Waals surface area contributed by atoms with Crippen LogP contribution in [0.4, 0.5) is 0 Å². The van der Waals surface area contributed by atoms with E-state index in [9.17, 15) is 4.79 Å². The van der Waals surface area contributed by atoms with Gasteiger partial charge in [-0.1, -0.05) is 37.6 Å². The Labute approximate surface area is 161 Å². The highest BCUT2D eigenvalue weighted by Crippen LogP contribution is 2.31. The molecule has 0 bridgehead atoms. The van der Waals surface area contributed by atoms with E-state index in [0.29, 0.717) is 10.4 Å². The second kappa shape index (κ2) is 7.14. The number of halogens is 1. The van der Waals surface area contributed by atoms with Crippen molar-refractivity contribution in [3.8, 4) is 11.1 Å². The van der Waals surface area contributed by atoms with Gasteiger partial charge in [-0.05, 0) is 24.1 Å². The number of aromatic nitrogens is 2. The first-order chi connectivity index (χ1) is 12.5. The van der Waals surface area contributed by atoms with Crippen molar-refractivity contribution in [1.29, 1.82) is 0 Å². The molecule has 1 aromatic carbocycles. The Morgan fingerprint density at radius 3 is 2.62 bits per heavy atom. The molecule has 0 radical (unpaired) electrons. The van der Waals surface area contributed by atoms with Crippen LogP contribution in [-0.4, -0.2) is 23.1 Å². The SMILES string of the molecule is C[C@@H]1C[C@@H](C)C[NH+](Cc2nc3scc(-c4ccc(Cl)cc4)c3c(=O)[nH]2)C1. The topological polar surface area (TPSA) is 50.2 Å². The van der Waals surface area contributed by atoms with Crippen LogP contribution in [0.15, 0.2) is 34.4 Å². The summed E-state index contributed by atoms with van der Waals surface area (Å²) in [6.07, 6.45) is 1.29. The number of thiophene rings is 1. The van der Waals surface area contributed by atoms with Crippen molar-refractivity contribution < 1.29 is 4.90 Å². The summed E-state index contributed by atoms with van der Waals surface area (Å²) in [7, 11) is 0. The molecule has 1 aliphatic heterocycles. The Morgan fingerprint density at radius 2 is 1.92 bits per heavy atom. The third-order valence-electron chi connectivity index (χ3n) is 5.14. The normalized spacial score (nSPS) is 23.4. The highest BCUT2D eigenvalue weighted by atomic mass is 35.5. The number of quaternary nitrogens is 1. The molecular weight excluding hydrogens is 366 g/mol. The van der Waals surface area contributed by atoms with Gasteiger partial charge in [0.15, 0.2) is 5.82 Å². The number of nitrogens with one attached hydrogen (secondary N) is 2. The monoisotopic (exact) mass is 388 g/mol. The van der Waals surface area contributed by atoms with Crippen molar-refractivity contribution in [2.24, 2.45) is 11.8 Å². The molecule has 1 aliphatic rings. The Balaban J connectivity index is 1.66. The van der Waals surface area contributed by atoms with Crippen molar-refractivity contribution in [3.05, 3.63) is 50.8 Å². The largest absolute Gasteiger partial charge is 0.328 e. The average Bonchev–Trinajstić information content (AvgIpc) is 2.99. The summed E-state index contributed by atoms with van der Waals surface area (Å²) in [6.45, 7) is 7.70. The fourth-order valence-corrected chi connectivity index (χ4v) is 5.32. The van der Waals surface area contributed by atoms with E-state index in [4.69, 9.17) is 16.6 Å². The average molecular weight is 389 g/mol. The first-order valence-corrected chi connectivity index (χ1v) is 10.3. The zero-order valence-corrected chi connectivity index (χ0v) is 16.6. The van der Waals surface area contributed by atoms with E-state index in [2.05, 4.69) is 18.8 Å². The lowest BCUT2D eigenvalue weighted by atomic mass is 9.92. The van der Waals surface area contributed by atoms with E-state index in [1.165, 1.54) is 22.7 Å². The molecule has 1 fully saturated rings. The van der Waals surface area contributed by atoms with Gasteiger partial charge < -0.3 is 9.88 Å². The van der Waals surface area contributed by atoms with Gasteiger partial charge in [0.2, 0.25) is 0 Å². The predicted molar refractivity (Wildman–Crippen MR) is 108 cm³/mol. The lowest BCUT2D eigenvalue weighted by molar-refractivity contribution is -0.926. The van der Waals surface area contributed by atoms with Crippen LogP contribution in [-0.2, 0) is 6.54 Å². The van der Waals surface area contributed by atoms with Gasteiger partial charge in [-0.25, -0.2) is 4.98 Å². The molecule has 0 aliphatic carbocycles. The zero-order chi connectivity index (χ0) is 18.3. The van der Waals surface area contributed by atoms with Crippen LogP contribution < -0.4 is 10.5 Å². The zero-order valence-electron chi connectivity index (χ0n) is 15.0. The molecule has 26 heavy (non-hydrogen) atoms. The Hall–Kier alpha value is -1.69. The smallest absolute Gasteiger partial charge is 0.260 e. The number of rotatable bonds is 3. The number of hydrogen-bond donors (Lipinski definition) is 2. The van der Waals surface area contributed by atoms with Crippen LogP contribution in [0.2, 0.25) is 5.02 Å². The van der Waals surface area contributed by atoms with Gasteiger partial charge in [-0.3, -0.25) is 4.79 Å². The molecular formula is C20H23ClN3OS+. The fraction of sp³-hybridized carbons (Fsp3) is 0.400. The number of benzene rings is 1. The quantitative estimate of drug-likeness (QED) is 0.722. The molecule has 4 nitrogen and oxygen atoms in total. The van der Waals surface area contributed by atoms with E-state index in [0.717, 1.165) is 53.3 Å². The molecule has 0 spiro atoms. The van der Waals surface area contributed by atoms with Crippen LogP contribution in [0.25, 0.3) is 21.3 Å². The number of nitrogens with zero attached hydrogens (tertiary/aromatic N) is 1. The third-order valence-corrected chi connectivity index (χ3v) is 6.27. The summed E-state index contributed by atoms with van der Waals surface area (Å²) in [5.41, 5.74) is 1.87. The Bertz CT molecular complexity index is 969. The predicted octanol–water partition coefficient (Wildman–Crippen LogP) is 3.37. The summed E-state index contributed by atoms with van der Waals surface area (Å²) in [5, 5.41) is 3.38. The number of fused-ring (bicyclic) bond motifs is 1. The maximum absolute atomic E-state index is 12.8. The van der Waals surface area contributed by atoms with Gasteiger partial charge in [-0.2, -0.15) is 0 Å². The summed E-state index contributed by atoms with van der Waals surface area (Å²) < 4.78 is 0. The summed E-state index contributed by atoms with van der Waals surface area (Å²) in [6, 6.07) is 7.58. The molecule has 4 rings (SSSR count). The first-order valence-electron chi connectivity index (χ1n) is 9.09. The van der Waals surface area contributed by atoms with Crippen molar-refractivity contribution in [3.63, 3.8) is 0 Å².